The first-order valence-corrected chi connectivity index (χ1v) is 5.24. The van der Waals surface area contributed by atoms with Crippen LogP contribution in [0.15, 0.2) is 41.3 Å². The molecule has 0 aliphatic rings. The number of hydrogen-bond acceptors (Lipinski definition) is 3. The Labute approximate surface area is 96.9 Å². The lowest BCUT2D eigenvalue weighted by Gasteiger charge is -2.04. The normalized spacial score (nSPS) is 10.9. The molecule has 0 aliphatic heterocycles. The fraction of sp³-hybridized carbons (Fsp3) is 0.0769. The number of rotatable bonds is 1. The van der Waals surface area contributed by atoms with E-state index in [-0.39, 0.29) is 5.56 Å². The van der Waals surface area contributed by atoms with Gasteiger partial charge in [-0.05, 0) is 5.39 Å². The first-order valence-electron chi connectivity index (χ1n) is 5.24. The van der Waals surface area contributed by atoms with Gasteiger partial charge in [0.15, 0.2) is 5.88 Å². The molecule has 0 saturated heterocycles. The minimum Gasteiger partial charge on any atom is -0.482 e. The number of H-pyrrole nitrogens is 1. The van der Waals surface area contributed by atoms with Crippen LogP contribution in [0.25, 0.3) is 21.7 Å². The molecule has 0 unspecified atom stereocenters. The van der Waals surface area contributed by atoms with Crippen molar-refractivity contribution in [3.63, 3.8) is 0 Å². The lowest BCUT2D eigenvalue weighted by atomic mass is 10.1. The molecule has 84 valence electrons. The van der Waals surface area contributed by atoms with Crippen LogP contribution in [-0.4, -0.2) is 17.1 Å². The van der Waals surface area contributed by atoms with Crippen molar-refractivity contribution in [3.05, 3.63) is 46.9 Å². The number of nitrogens with zero attached hydrogens (tertiary/aromatic N) is 1. The number of fused-ring (bicyclic) bond motifs is 3. The van der Waals surface area contributed by atoms with Gasteiger partial charge in [-0.15, -0.1) is 0 Å². The third-order valence-corrected chi connectivity index (χ3v) is 2.78. The van der Waals surface area contributed by atoms with Gasteiger partial charge in [0.05, 0.1) is 18.0 Å². The van der Waals surface area contributed by atoms with Gasteiger partial charge in [-0.25, -0.2) is 0 Å². The molecule has 4 nitrogen and oxygen atoms in total. The molecule has 1 N–H and O–H groups in total. The van der Waals surface area contributed by atoms with Gasteiger partial charge in [-0.2, -0.15) is 0 Å². The summed E-state index contributed by atoms with van der Waals surface area (Å²) < 4.78 is 5.02. The lowest BCUT2D eigenvalue weighted by Crippen LogP contribution is -2.08. The fourth-order valence-electron chi connectivity index (χ4n) is 1.97. The van der Waals surface area contributed by atoms with Gasteiger partial charge in [-0.1, -0.05) is 24.3 Å². The van der Waals surface area contributed by atoms with Crippen LogP contribution in [0.2, 0.25) is 0 Å². The van der Waals surface area contributed by atoms with Gasteiger partial charge in [0.2, 0.25) is 0 Å². The molecule has 4 heteroatoms. The molecule has 0 atom stereocenters. The van der Waals surface area contributed by atoms with E-state index in [9.17, 15) is 4.79 Å². The van der Waals surface area contributed by atoms with Crippen molar-refractivity contribution in [1.29, 1.82) is 0 Å². The Morgan fingerprint density at radius 2 is 2.12 bits per heavy atom. The van der Waals surface area contributed by atoms with E-state index in [4.69, 9.17) is 4.74 Å². The van der Waals surface area contributed by atoms with Crippen LogP contribution in [-0.2, 0) is 0 Å². The second-order valence-corrected chi connectivity index (χ2v) is 3.77. The van der Waals surface area contributed by atoms with Gasteiger partial charge in [0.1, 0.15) is 0 Å². The number of nitrogens with one attached hydrogen (secondary N) is 1. The average molecular weight is 226 g/mol. The van der Waals surface area contributed by atoms with Crippen molar-refractivity contribution in [1.82, 2.24) is 9.97 Å². The number of ether oxygens (including phenoxy) is 1. The molecule has 0 bridgehead atoms. The Balaban J connectivity index is 2.55. The van der Waals surface area contributed by atoms with E-state index in [1.165, 1.54) is 7.11 Å². The van der Waals surface area contributed by atoms with Crippen molar-refractivity contribution >= 4 is 21.7 Å². The second kappa shape index (κ2) is 3.59. The van der Waals surface area contributed by atoms with Crippen LogP contribution in [0, 0.1) is 0 Å². The van der Waals surface area contributed by atoms with Crippen molar-refractivity contribution < 1.29 is 4.74 Å². The Bertz CT molecular complexity index is 762. The Morgan fingerprint density at radius 3 is 2.94 bits per heavy atom. The largest absolute Gasteiger partial charge is 0.482 e. The molecular formula is C13H10N2O2. The molecule has 17 heavy (non-hydrogen) atoms. The number of methoxy groups -OCH3 is 1. The summed E-state index contributed by atoms with van der Waals surface area (Å²) in [6.45, 7) is 0. The third-order valence-electron chi connectivity index (χ3n) is 2.78. The Hall–Kier alpha value is -2.36. The van der Waals surface area contributed by atoms with Crippen LogP contribution in [0.5, 0.6) is 5.88 Å². The number of aromatic nitrogens is 2. The maximum Gasteiger partial charge on any atom is 0.260 e. The first-order chi connectivity index (χ1) is 8.29. The molecule has 0 radical (unpaired) electrons. The standard InChI is InChI=1S/C13H10N2O2/c1-17-11-6-10-12(13(16)15-11)9-5-3-2-4-8(9)7-14-10/h2-7H,1H3,(H,15,16). The molecule has 0 saturated carbocycles. The number of pyridine rings is 2. The zero-order valence-corrected chi connectivity index (χ0v) is 9.23. The average Bonchev–Trinajstić information content (AvgIpc) is 2.37. The molecule has 0 fully saturated rings. The predicted molar refractivity (Wildman–Crippen MR) is 66.4 cm³/mol. The summed E-state index contributed by atoms with van der Waals surface area (Å²) in [7, 11) is 1.51. The zero-order valence-electron chi connectivity index (χ0n) is 9.23. The van der Waals surface area contributed by atoms with Crippen molar-refractivity contribution in [2.45, 2.75) is 0 Å². The molecule has 1 aromatic carbocycles. The first kappa shape index (κ1) is 9.84. The van der Waals surface area contributed by atoms with E-state index in [2.05, 4.69) is 9.97 Å². The number of aromatic amines is 1. The third kappa shape index (κ3) is 1.45. The smallest absolute Gasteiger partial charge is 0.260 e. The highest BCUT2D eigenvalue weighted by Gasteiger charge is 2.07. The predicted octanol–water partition coefficient (Wildman–Crippen LogP) is 2.08. The second-order valence-electron chi connectivity index (χ2n) is 3.77. The maximum absolute atomic E-state index is 12.0. The topological polar surface area (TPSA) is 55.0 Å². The van der Waals surface area contributed by atoms with Gasteiger partial charge in [0.25, 0.3) is 5.56 Å². The SMILES string of the molecule is COc1cc2ncc3ccccc3c2c(=O)[nH]1. The molecule has 3 aromatic rings. The summed E-state index contributed by atoms with van der Waals surface area (Å²) in [6, 6.07) is 9.41. The molecule has 0 aliphatic carbocycles. The summed E-state index contributed by atoms with van der Waals surface area (Å²) in [5.74, 6) is 0.422. The van der Waals surface area contributed by atoms with Crippen molar-refractivity contribution in [3.8, 4) is 5.88 Å². The molecule has 0 spiro atoms. The minimum atomic E-state index is -0.177. The molecule has 2 heterocycles. The highest BCUT2D eigenvalue weighted by atomic mass is 16.5. The molecule has 2 aromatic heterocycles. The highest BCUT2D eigenvalue weighted by Crippen LogP contribution is 2.21. The number of benzene rings is 1. The lowest BCUT2D eigenvalue weighted by molar-refractivity contribution is 0.397. The molecular weight excluding hydrogens is 216 g/mol. The maximum atomic E-state index is 12.0. The Kier molecular flexibility index (Phi) is 2.08. The van der Waals surface area contributed by atoms with E-state index in [1.54, 1.807) is 12.3 Å². The van der Waals surface area contributed by atoms with E-state index in [0.717, 1.165) is 10.8 Å². The summed E-state index contributed by atoms with van der Waals surface area (Å²) in [5, 5.41) is 2.46. The van der Waals surface area contributed by atoms with E-state index in [1.807, 2.05) is 24.3 Å². The van der Waals surface area contributed by atoms with Crippen LogP contribution in [0.1, 0.15) is 0 Å². The fourth-order valence-corrected chi connectivity index (χ4v) is 1.97. The highest BCUT2D eigenvalue weighted by molar-refractivity contribution is 6.04. The van der Waals surface area contributed by atoms with Crippen LogP contribution in [0.3, 0.4) is 0 Å². The summed E-state index contributed by atoms with van der Waals surface area (Å²) in [6.07, 6.45) is 1.76. The quantitative estimate of drug-likeness (QED) is 0.646. The van der Waals surface area contributed by atoms with Gasteiger partial charge < -0.3 is 4.74 Å². The van der Waals surface area contributed by atoms with E-state index < -0.39 is 0 Å². The van der Waals surface area contributed by atoms with Crippen LogP contribution < -0.4 is 10.3 Å². The summed E-state index contributed by atoms with van der Waals surface area (Å²) >= 11 is 0. The molecule has 3 rings (SSSR count). The Morgan fingerprint density at radius 1 is 1.29 bits per heavy atom. The molecule has 0 amide bonds. The summed E-state index contributed by atoms with van der Waals surface area (Å²) in [4.78, 5) is 18.9. The van der Waals surface area contributed by atoms with Gasteiger partial charge in [-0.3, -0.25) is 14.8 Å². The van der Waals surface area contributed by atoms with Gasteiger partial charge in [0, 0.05) is 17.6 Å². The van der Waals surface area contributed by atoms with E-state index in [0.29, 0.717) is 16.8 Å². The minimum absolute atomic E-state index is 0.177. The summed E-state index contributed by atoms with van der Waals surface area (Å²) in [5.41, 5.74) is 0.466. The van der Waals surface area contributed by atoms with Crippen molar-refractivity contribution in [2.75, 3.05) is 7.11 Å². The van der Waals surface area contributed by atoms with Crippen LogP contribution >= 0.6 is 0 Å². The van der Waals surface area contributed by atoms with Crippen LogP contribution in [0.4, 0.5) is 0 Å². The van der Waals surface area contributed by atoms with E-state index >= 15 is 0 Å². The monoisotopic (exact) mass is 226 g/mol. The van der Waals surface area contributed by atoms with Crippen molar-refractivity contribution in [2.24, 2.45) is 0 Å². The number of hydrogen-bond donors (Lipinski definition) is 1. The zero-order chi connectivity index (χ0) is 11.8. The van der Waals surface area contributed by atoms with Gasteiger partial charge >= 0.3 is 0 Å².